The maximum absolute atomic E-state index is 12.6. The highest BCUT2D eigenvalue weighted by atomic mass is 32.2. The maximum atomic E-state index is 12.6. The highest BCUT2D eigenvalue weighted by Crippen LogP contribution is 2.28. The Morgan fingerprint density at radius 2 is 1.88 bits per heavy atom. The number of hydrogen-bond acceptors (Lipinski definition) is 7. The number of aromatic nitrogens is 3. The largest absolute Gasteiger partial charge is 0.348 e. The van der Waals surface area contributed by atoms with Crippen molar-refractivity contribution in [2.45, 2.75) is 31.2 Å². The first-order valence-electron chi connectivity index (χ1n) is 8.81. The maximum Gasteiger partial charge on any atom is 0.185 e. The Balaban J connectivity index is 1.44. The summed E-state index contributed by atoms with van der Waals surface area (Å²) in [5.41, 5.74) is 2.60. The Bertz CT molecular complexity index is 934. The number of anilines is 1. The molecular weight excluding hydrogens is 364 g/mol. The lowest BCUT2D eigenvalue weighted by atomic mass is 10.1. The highest BCUT2D eigenvalue weighted by molar-refractivity contribution is 8.00. The number of carbonyl (C=O) groups is 1. The van der Waals surface area contributed by atoms with Crippen molar-refractivity contribution < 1.29 is 4.79 Å². The van der Waals surface area contributed by atoms with Gasteiger partial charge >= 0.3 is 0 Å². The molecule has 0 bridgehead atoms. The average Bonchev–Trinajstić information content (AvgIpc) is 3.17. The fraction of sp³-hybridized carbons (Fsp3) is 0.368. The van der Waals surface area contributed by atoms with E-state index < -0.39 is 0 Å². The van der Waals surface area contributed by atoms with Gasteiger partial charge in [0.1, 0.15) is 5.03 Å². The summed E-state index contributed by atoms with van der Waals surface area (Å²) in [5, 5.41) is 1.79. The van der Waals surface area contributed by atoms with Gasteiger partial charge in [-0.15, -0.1) is 0 Å². The lowest BCUT2D eigenvalue weighted by Gasteiger charge is -2.25. The van der Waals surface area contributed by atoms with Crippen LogP contribution in [0.1, 0.15) is 34.6 Å². The summed E-state index contributed by atoms with van der Waals surface area (Å²) >= 11 is 2.96. The number of aryl methyl sites for hydroxylation is 1. The van der Waals surface area contributed by atoms with E-state index in [1.165, 1.54) is 42.4 Å². The summed E-state index contributed by atoms with van der Waals surface area (Å²) in [6.45, 7) is 4.02. The molecule has 1 aliphatic heterocycles. The lowest BCUT2D eigenvalue weighted by Crippen LogP contribution is -2.29. The van der Waals surface area contributed by atoms with Crippen LogP contribution in [0, 0.1) is 6.92 Å². The Morgan fingerprint density at radius 3 is 2.65 bits per heavy atom. The van der Waals surface area contributed by atoms with Gasteiger partial charge in [-0.2, -0.15) is 0 Å². The van der Waals surface area contributed by atoms with Crippen molar-refractivity contribution in [1.29, 1.82) is 0 Å². The highest BCUT2D eigenvalue weighted by Gasteiger charge is 2.18. The zero-order chi connectivity index (χ0) is 17.9. The monoisotopic (exact) mass is 384 g/mol. The number of nitrogens with zero attached hydrogens (tertiary/aromatic N) is 4. The fourth-order valence-corrected chi connectivity index (χ4v) is 4.88. The van der Waals surface area contributed by atoms with Gasteiger partial charge in [0.15, 0.2) is 10.9 Å². The van der Waals surface area contributed by atoms with Gasteiger partial charge in [-0.05, 0) is 38.3 Å². The summed E-state index contributed by atoms with van der Waals surface area (Å²) in [6.07, 6.45) is 5.42. The van der Waals surface area contributed by atoms with Crippen LogP contribution >= 0.6 is 23.1 Å². The SMILES string of the molecule is Cc1nc2ccccc2nc1SCC(=O)c1cnc(N2CCCCC2)s1. The van der Waals surface area contributed by atoms with Crippen LogP contribution in [0.15, 0.2) is 35.5 Å². The van der Waals surface area contributed by atoms with E-state index in [2.05, 4.69) is 19.9 Å². The third kappa shape index (κ3) is 3.73. The average molecular weight is 385 g/mol. The third-order valence-corrected chi connectivity index (χ3v) is 6.60. The van der Waals surface area contributed by atoms with Crippen LogP contribution in [0.2, 0.25) is 0 Å². The van der Waals surface area contributed by atoms with Gasteiger partial charge in [0, 0.05) is 13.1 Å². The summed E-state index contributed by atoms with van der Waals surface area (Å²) < 4.78 is 0. The molecule has 0 aliphatic carbocycles. The molecule has 26 heavy (non-hydrogen) atoms. The molecule has 5 nitrogen and oxygen atoms in total. The molecular formula is C19H20N4OS2. The number of piperidine rings is 1. The number of rotatable bonds is 5. The van der Waals surface area contributed by atoms with Crippen LogP contribution in [0.25, 0.3) is 11.0 Å². The first kappa shape index (κ1) is 17.4. The Kier molecular flexibility index (Phi) is 5.17. The van der Waals surface area contributed by atoms with Crippen LogP contribution in [0.3, 0.4) is 0 Å². The van der Waals surface area contributed by atoms with E-state index in [1.807, 2.05) is 31.2 Å². The predicted molar refractivity (Wildman–Crippen MR) is 108 cm³/mol. The molecule has 4 rings (SSSR count). The quantitative estimate of drug-likeness (QED) is 0.481. The van der Waals surface area contributed by atoms with Gasteiger partial charge in [0.25, 0.3) is 0 Å². The van der Waals surface area contributed by atoms with E-state index in [4.69, 9.17) is 0 Å². The number of ketones is 1. The Morgan fingerprint density at radius 1 is 1.15 bits per heavy atom. The molecule has 0 amide bonds. The first-order valence-corrected chi connectivity index (χ1v) is 10.6. The van der Waals surface area contributed by atoms with Crippen molar-refractivity contribution in [2.24, 2.45) is 0 Å². The lowest BCUT2D eigenvalue weighted by molar-refractivity contribution is 0.102. The third-order valence-electron chi connectivity index (χ3n) is 4.44. The number of thioether (sulfide) groups is 1. The molecule has 0 unspecified atom stereocenters. The van der Waals surface area contributed by atoms with Crippen molar-refractivity contribution in [1.82, 2.24) is 15.0 Å². The minimum atomic E-state index is 0.102. The van der Waals surface area contributed by atoms with E-state index in [9.17, 15) is 4.79 Å². The molecule has 134 valence electrons. The molecule has 0 atom stereocenters. The van der Waals surface area contributed by atoms with Crippen molar-refractivity contribution in [2.75, 3.05) is 23.7 Å². The summed E-state index contributed by atoms with van der Waals surface area (Å²) in [5.74, 6) is 0.459. The number of benzene rings is 1. The molecule has 1 fully saturated rings. The summed E-state index contributed by atoms with van der Waals surface area (Å²) in [4.78, 5) is 29.3. The van der Waals surface area contributed by atoms with E-state index in [-0.39, 0.29) is 5.78 Å². The minimum absolute atomic E-state index is 0.102. The van der Waals surface area contributed by atoms with Crippen molar-refractivity contribution in [3.63, 3.8) is 0 Å². The molecule has 1 saturated heterocycles. The molecule has 0 spiro atoms. The zero-order valence-corrected chi connectivity index (χ0v) is 16.3. The van der Waals surface area contributed by atoms with E-state index in [0.717, 1.165) is 44.9 Å². The summed E-state index contributed by atoms with van der Waals surface area (Å²) in [7, 11) is 0. The zero-order valence-electron chi connectivity index (χ0n) is 14.6. The van der Waals surface area contributed by atoms with Crippen LogP contribution in [-0.4, -0.2) is 39.6 Å². The number of carbonyl (C=O) groups excluding carboxylic acids is 1. The molecule has 1 aromatic carbocycles. The second kappa shape index (κ2) is 7.72. The van der Waals surface area contributed by atoms with Gasteiger partial charge in [0.05, 0.1) is 33.6 Å². The van der Waals surface area contributed by atoms with E-state index >= 15 is 0 Å². The van der Waals surface area contributed by atoms with Gasteiger partial charge in [-0.1, -0.05) is 35.2 Å². The molecule has 2 aromatic heterocycles. The fourth-order valence-electron chi connectivity index (χ4n) is 3.04. The van der Waals surface area contributed by atoms with Gasteiger partial charge in [-0.25, -0.2) is 15.0 Å². The van der Waals surface area contributed by atoms with Gasteiger partial charge in [-0.3, -0.25) is 4.79 Å². The van der Waals surface area contributed by atoms with Gasteiger partial charge in [0.2, 0.25) is 0 Å². The molecule has 1 aliphatic rings. The van der Waals surface area contributed by atoms with Crippen molar-refractivity contribution in [3.8, 4) is 0 Å². The number of Topliss-reactive ketones (excluding diaryl/α,β-unsaturated/α-hetero) is 1. The predicted octanol–water partition coefficient (Wildman–Crippen LogP) is 4.36. The molecule has 3 heterocycles. The van der Waals surface area contributed by atoms with Crippen molar-refractivity contribution >= 4 is 45.0 Å². The van der Waals surface area contributed by atoms with Crippen LogP contribution in [0.5, 0.6) is 0 Å². The van der Waals surface area contributed by atoms with Crippen LogP contribution in [-0.2, 0) is 0 Å². The van der Waals surface area contributed by atoms with Crippen molar-refractivity contribution in [3.05, 3.63) is 41.0 Å². The van der Waals surface area contributed by atoms with Crippen LogP contribution < -0.4 is 4.90 Å². The number of hydrogen-bond donors (Lipinski definition) is 0. The number of para-hydroxylation sites is 2. The van der Waals surface area contributed by atoms with E-state index in [0.29, 0.717) is 5.75 Å². The summed E-state index contributed by atoms with van der Waals surface area (Å²) in [6, 6.07) is 7.80. The topological polar surface area (TPSA) is 59.0 Å². The van der Waals surface area contributed by atoms with Gasteiger partial charge < -0.3 is 4.90 Å². The minimum Gasteiger partial charge on any atom is -0.348 e. The normalized spacial score (nSPS) is 14.7. The second-order valence-electron chi connectivity index (χ2n) is 6.37. The molecule has 0 radical (unpaired) electrons. The first-order chi connectivity index (χ1) is 12.7. The number of thiazole rings is 1. The smallest absolute Gasteiger partial charge is 0.185 e. The molecule has 0 N–H and O–H groups in total. The standard InChI is InChI=1S/C19H20N4OS2/c1-13-18(22-15-8-4-3-7-14(15)21-13)25-12-16(24)17-11-20-19(26-17)23-9-5-2-6-10-23/h3-4,7-8,11H,2,5-6,9-10,12H2,1H3. The van der Waals surface area contributed by atoms with E-state index in [1.54, 1.807) is 6.20 Å². The van der Waals surface area contributed by atoms with Crippen LogP contribution in [0.4, 0.5) is 5.13 Å². The Labute approximate surface area is 160 Å². The Hall–Kier alpha value is -1.99. The molecule has 3 aromatic rings. The molecule has 7 heteroatoms. The number of fused-ring (bicyclic) bond motifs is 1. The molecule has 0 saturated carbocycles. The second-order valence-corrected chi connectivity index (χ2v) is 8.34.